The molecule has 82 valence electrons. The second-order valence-electron chi connectivity index (χ2n) is 4.02. The molecule has 0 aromatic carbocycles. The molecule has 1 saturated heterocycles. The number of carboxylic acid groups (broad SMARTS) is 1. The van der Waals surface area contributed by atoms with E-state index in [0.29, 0.717) is 6.04 Å². The minimum Gasteiger partial charge on any atom is -0.480 e. The number of piperidine rings is 1. The molecule has 0 saturated carbocycles. The molecule has 1 aliphatic rings. The largest absolute Gasteiger partial charge is 0.480 e. The average Bonchev–Trinajstić information content (AvgIpc) is 2.14. The van der Waals surface area contributed by atoms with Crippen molar-refractivity contribution in [1.29, 1.82) is 0 Å². The van der Waals surface area contributed by atoms with E-state index in [-0.39, 0.29) is 6.54 Å². The van der Waals surface area contributed by atoms with Crippen molar-refractivity contribution in [3.05, 3.63) is 0 Å². The second-order valence-corrected chi connectivity index (χ2v) is 4.02. The molecule has 0 aromatic heterocycles. The van der Waals surface area contributed by atoms with Crippen LogP contribution in [0, 0.1) is 0 Å². The fourth-order valence-corrected chi connectivity index (χ4v) is 2.11. The molecule has 0 aliphatic carbocycles. The summed E-state index contributed by atoms with van der Waals surface area (Å²) >= 11 is 0. The summed E-state index contributed by atoms with van der Waals surface area (Å²) in [5.41, 5.74) is 0. The van der Waals surface area contributed by atoms with Crippen LogP contribution in [0.2, 0.25) is 0 Å². The van der Waals surface area contributed by atoms with Crippen molar-refractivity contribution in [1.82, 2.24) is 9.80 Å². The third-order valence-electron chi connectivity index (χ3n) is 2.86. The summed E-state index contributed by atoms with van der Waals surface area (Å²) in [7, 11) is 2.10. The van der Waals surface area contributed by atoms with Crippen molar-refractivity contribution in [2.75, 3.05) is 33.2 Å². The Morgan fingerprint density at radius 1 is 1.64 bits per heavy atom. The average molecular weight is 200 g/mol. The number of nitrogens with zero attached hydrogens (tertiary/aromatic N) is 2. The molecule has 0 unspecified atom stereocenters. The molecule has 1 rings (SSSR count). The van der Waals surface area contributed by atoms with E-state index in [1.165, 1.54) is 6.42 Å². The molecule has 4 nitrogen and oxygen atoms in total. The Morgan fingerprint density at radius 2 is 2.36 bits per heavy atom. The molecular weight excluding hydrogens is 180 g/mol. The molecule has 0 spiro atoms. The SMILES string of the molecule is CCN(CC(=O)O)[C@@H]1CCCN(C)C1. The van der Waals surface area contributed by atoms with Gasteiger partial charge in [0, 0.05) is 12.6 Å². The molecule has 0 amide bonds. The molecule has 4 heteroatoms. The number of carbonyl (C=O) groups is 1. The molecule has 0 radical (unpaired) electrons. The fourth-order valence-electron chi connectivity index (χ4n) is 2.11. The molecule has 14 heavy (non-hydrogen) atoms. The lowest BCUT2D eigenvalue weighted by atomic mass is 10.0. The van der Waals surface area contributed by atoms with Gasteiger partial charge in [-0.25, -0.2) is 0 Å². The van der Waals surface area contributed by atoms with Gasteiger partial charge in [-0.3, -0.25) is 9.69 Å². The summed E-state index contributed by atoms with van der Waals surface area (Å²) in [4.78, 5) is 15.0. The third kappa shape index (κ3) is 3.27. The van der Waals surface area contributed by atoms with Crippen molar-refractivity contribution in [3.8, 4) is 0 Å². The molecular formula is C10H20N2O2. The monoisotopic (exact) mass is 200 g/mol. The van der Waals surface area contributed by atoms with Crippen LogP contribution in [-0.4, -0.2) is 60.1 Å². The molecule has 1 fully saturated rings. The quantitative estimate of drug-likeness (QED) is 0.717. The third-order valence-corrected chi connectivity index (χ3v) is 2.86. The maximum absolute atomic E-state index is 10.6. The van der Waals surface area contributed by atoms with E-state index in [9.17, 15) is 4.79 Å². The van der Waals surface area contributed by atoms with E-state index >= 15 is 0 Å². The smallest absolute Gasteiger partial charge is 0.317 e. The van der Waals surface area contributed by atoms with E-state index in [1.54, 1.807) is 0 Å². The zero-order valence-electron chi connectivity index (χ0n) is 9.07. The highest BCUT2D eigenvalue weighted by atomic mass is 16.4. The van der Waals surface area contributed by atoms with E-state index in [1.807, 2.05) is 6.92 Å². The Hall–Kier alpha value is -0.610. The number of hydrogen-bond donors (Lipinski definition) is 1. The fraction of sp³-hybridized carbons (Fsp3) is 0.900. The minimum atomic E-state index is -0.722. The Labute approximate surface area is 85.5 Å². The maximum atomic E-state index is 10.6. The highest BCUT2D eigenvalue weighted by molar-refractivity contribution is 5.69. The van der Waals surface area contributed by atoms with Crippen LogP contribution in [0.1, 0.15) is 19.8 Å². The van der Waals surface area contributed by atoms with Gasteiger partial charge in [0.25, 0.3) is 0 Å². The van der Waals surface area contributed by atoms with Gasteiger partial charge in [0.1, 0.15) is 0 Å². The van der Waals surface area contributed by atoms with Crippen LogP contribution in [-0.2, 0) is 4.79 Å². The zero-order chi connectivity index (χ0) is 10.6. The van der Waals surface area contributed by atoms with Crippen molar-refractivity contribution in [3.63, 3.8) is 0 Å². The van der Waals surface area contributed by atoms with Gasteiger partial charge in [-0.05, 0) is 33.0 Å². The number of rotatable bonds is 4. The van der Waals surface area contributed by atoms with E-state index in [0.717, 1.165) is 26.1 Å². The second kappa shape index (κ2) is 5.32. The normalized spacial score (nSPS) is 24.1. The van der Waals surface area contributed by atoms with E-state index < -0.39 is 5.97 Å². The van der Waals surface area contributed by atoms with Crippen LogP contribution >= 0.6 is 0 Å². The predicted molar refractivity (Wildman–Crippen MR) is 55.4 cm³/mol. The van der Waals surface area contributed by atoms with Crippen LogP contribution in [0.25, 0.3) is 0 Å². The number of likely N-dealkylation sites (tertiary alicyclic amines) is 1. The first kappa shape index (κ1) is 11.5. The van der Waals surface area contributed by atoms with Crippen LogP contribution in [0.15, 0.2) is 0 Å². The van der Waals surface area contributed by atoms with Crippen molar-refractivity contribution < 1.29 is 9.90 Å². The highest BCUT2D eigenvalue weighted by Gasteiger charge is 2.23. The first-order valence-electron chi connectivity index (χ1n) is 5.28. The van der Waals surface area contributed by atoms with Gasteiger partial charge in [0.2, 0.25) is 0 Å². The van der Waals surface area contributed by atoms with Crippen molar-refractivity contribution in [2.24, 2.45) is 0 Å². The number of hydrogen-bond acceptors (Lipinski definition) is 3. The van der Waals surface area contributed by atoms with Gasteiger partial charge >= 0.3 is 5.97 Å². The summed E-state index contributed by atoms with van der Waals surface area (Å²) in [6.45, 7) is 5.17. The Morgan fingerprint density at radius 3 is 2.86 bits per heavy atom. The number of carboxylic acids is 1. The van der Waals surface area contributed by atoms with Crippen LogP contribution in [0.3, 0.4) is 0 Å². The topological polar surface area (TPSA) is 43.8 Å². The summed E-state index contributed by atoms with van der Waals surface area (Å²) in [6, 6.07) is 0.426. The zero-order valence-corrected chi connectivity index (χ0v) is 9.07. The van der Waals surface area contributed by atoms with Crippen LogP contribution in [0.4, 0.5) is 0 Å². The molecule has 1 aliphatic heterocycles. The van der Waals surface area contributed by atoms with Gasteiger partial charge in [0.15, 0.2) is 0 Å². The van der Waals surface area contributed by atoms with Crippen molar-refractivity contribution >= 4 is 5.97 Å². The van der Waals surface area contributed by atoms with Crippen LogP contribution in [0.5, 0.6) is 0 Å². The molecule has 1 atom stereocenters. The van der Waals surface area contributed by atoms with E-state index in [2.05, 4.69) is 16.8 Å². The number of aliphatic carboxylic acids is 1. The lowest BCUT2D eigenvalue weighted by Gasteiger charge is -2.36. The molecule has 1 N–H and O–H groups in total. The Kier molecular flexibility index (Phi) is 4.35. The summed E-state index contributed by atoms with van der Waals surface area (Å²) < 4.78 is 0. The predicted octanol–water partition coefficient (Wildman–Crippen LogP) is 0.487. The van der Waals surface area contributed by atoms with Crippen LogP contribution < -0.4 is 0 Å². The standard InChI is InChI=1S/C10H20N2O2/c1-3-12(8-10(13)14)9-5-4-6-11(2)7-9/h9H,3-8H2,1-2H3,(H,13,14)/t9-/m1/s1. The first-order chi connectivity index (χ1) is 6.63. The Bertz CT molecular complexity index is 197. The molecule has 1 heterocycles. The number of likely N-dealkylation sites (N-methyl/N-ethyl adjacent to an activating group) is 2. The molecule has 0 bridgehead atoms. The van der Waals surface area contributed by atoms with Gasteiger partial charge in [-0.15, -0.1) is 0 Å². The lowest BCUT2D eigenvalue weighted by Crippen LogP contribution is -2.48. The lowest BCUT2D eigenvalue weighted by molar-refractivity contribution is -0.139. The summed E-state index contributed by atoms with van der Waals surface area (Å²) in [6.07, 6.45) is 2.31. The summed E-state index contributed by atoms with van der Waals surface area (Å²) in [5.74, 6) is -0.722. The highest BCUT2D eigenvalue weighted by Crippen LogP contribution is 2.14. The van der Waals surface area contributed by atoms with Crippen molar-refractivity contribution in [2.45, 2.75) is 25.8 Å². The Balaban J connectivity index is 2.46. The van der Waals surface area contributed by atoms with E-state index in [4.69, 9.17) is 5.11 Å². The van der Waals surface area contributed by atoms with Gasteiger partial charge in [-0.2, -0.15) is 0 Å². The molecule has 0 aromatic rings. The first-order valence-corrected chi connectivity index (χ1v) is 5.28. The van der Waals surface area contributed by atoms with Gasteiger partial charge in [-0.1, -0.05) is 6.92 Å². The summed E-state index contributed by atoms with van der Waals surface area (Å²) in [5, 5.41) is 8.76. The minimum absolute atomic E-state index is 0.176. The maximum Gasteiger partial charge on any atom is 0.317 e. The van der Waals surface area contributed by atoms with Gasteiger partial charge in [0.05, 0.1) is 6.54 Å². The van der Waals surface area contributed by atoms with Gasteiger partial charge < -0.3 is 10.0 Å².